The van der Waals surface area contributed by atoms with Crippen molar-refractivity contribution in [2.45, 2.75) is 25.8 Å². The molecular weight excluding hydrogens is 311 g/mol. The molecule has 0 fully saturated rings. The van der Waals surface area contributed by atoms with Gasteiger partial charge in [0, 0.05) is 4.88 Å². The second-order valence-electron chi connectivity index (χ2n) is 5.66. The molecular formula is C18H23FN2OS. The van der Waals surface area contributed by atoms with Crippen molar-refractivity contribution in [2.75, 3.05) is 20.1 Å². The van der Waals surface area contributed by atoms with E-state index in [1.807, 2.05) is 29.5 Å². The van der Waals surface area contributed by atoms with Gasteiger partial charge in [0.15, 0.2) is 0 Å². The lowest BCUT2D eigenvalue weighted by atomic mass is 10.1. The van der Waals surface area contributed by atoms with Crippen LogP contribution in [0.4, 0.5) is 4.39 Å². The van der Waals surface area contributed by atoms with E-state index in [-0.39, 0.29) is 17.8 Å². The molecule has 0 bridgehead atoms. The summed E-state index contributed by atoms with van der Waals surface area (Å²) in [4.78, 5) is 15.4. The van der Waals surface area contributed by atoms with Gasteiger partial charge in [-0.1, -0.05) is 31.5 Å². The van der Waals surface area contributed by atoms with E-state index in [0.29, 0.717) is 6.54 Å². The normalized spacial score (nSPS) is 12.3. The van der Waals surface area contributed by atoms with E-state index in [1.165, 1.54) is 12.1 Å². The van der Waals surface area contributed by atoms with Gasteiger partial charge >= 0.3 is 0 Å². The van der Waals surface area contributed by atoms with E-state index >= 15 is 0 Å². The number of nitrogens with one attached hydrogen (secondary N) is 1. The van der Waals surface area contributed by atoms with Crippen LogP contribution in [0.25, 0.3) is 0 Å². The molecule has 124 valence electrons. The molecule has 1 aromatic heterocycles. The third-order valence-corrected chi connectivity index (χ3v) is 4.58. The molecule has 1 amide bonds. The molecule has 3 nitrogen and oxygen atoms in total. The second-order valence-corrected chi connectivity index (χ2v) is 6.64. The molecule has 1 atom stereocenters. The average Bonchev–Trinajstić information content (AvgIpc) is 3.06. The molecule has 5 heteroatoms. The van der Waals surface area contributed by atoms with Crippen molar-refractivity contribution < 1.29 is 9.18 Å². The third-order valence-electron chi connectivity index (χ3n) is 3.64. The Bertz CT molecular complexity index is 598. The van der Waals surface area contributed by atoms with Crippen LogP contribution in [0.5, 0.6) is 0 Å². The summed E-state index contributed by atoms with van der Waals surface area (Å²) in [5, 5.41) is 5.05. The lowest BCUT2D eigenvalue weighted by molar-refractivity contribution is -0.122. The van der Waals surface area contributed by atoms with Crippen LogP contribution < -0.4 is 5.32 Å². The van der Waals surface area contributed by atoms with E-state index in [4.69, 9.17) is 0 Å². The van der Waals surface area contributed by atoms with Gasteiger partial charge in [-0.2, -0.15) is 0 Å². The predicted molar refractivity (Wildman–Crippen MR) is 93.1 cm³/mol. The summed E-state index contributed by atoms with van der Waals surface area (Å²) in [6.45, 7) is 3.41. The SMILES string of the molecule is CCCCN(C)CC(=O)NC(c1ccc(F)cc1)c1cccs1. The number of carbonyl (C=O) groups excluding carboxylic acids is 1. The van der Waals surface area contributed by atoms with Crippen LogP contribution in [0.1, 0.15) is 36.2 Å². The van der Waals surface area contributed by atoms with E-state index < -0.39 is 0 Å². The summed E-state index contributed by atoms with van der Waals surface area (Å²) in [5.41, 5.74) is 0.887. The zero-order valence-electron chi connectivity index (χ0n) is 13.6. The number of nitrogens with zero attached hydrogens (tertiary/aromatic N) is 1. The summed E-state index contributed by atoms with van der Waals surface area (Å²) >= 11 is 1.58. The summed E-state index contributed by atoms with van der Waals surface area (Å²) < 4.78 is 13.2. The number of thiophene rings is 1. The van der Waals surface area contributed by atoms with Crippen LogP contribution in [0, 0.1) is 5.82 Å². The quantitative estimate of drug-likeness (QED) is 0.796. The fourth-order valence-corrected chi connectivity index (χ4v) is 3.19. The number of carbonyl (C=O) groups is 1. The molecule has 2 rings (SSSR count). The lowest BCUT2D eigenvalue weighted by Crippen LogP contribution is -2.37. The predicted octanol–water partition coefficient (Wildman–Crippen LogP) is 3.82. The number of unbranched alkanes of at least 4 members (excludes halogenated alkanes) is 1. The molecule has 0 saturated carbocycles. The minimum absolute atomic E-state index is 0.0219. The number of likely N-dealkylation sites (N-methyl/N-ethyl adjacent to an activating group) is 1. The van der Waals surface area contributed by atoms with Crippen LogP contribution in [0.15, 0.2) is 41.8 Å². The number of benzene rings is 1. The maximum atomic E-state index is 13.2. The van der Waals surface area contributed by atoms with Crippen molar-refractivity contribution >= 4 is 17.2 Å². The highest BCUT2D eigenvalue weighted by Gasteiger charge is 2.18. The maximum Gasteiger partial charge on any atom is 0.234 e. The van der Waals surface area contributed by atoms with Crippen molar-refractivity contribution in [1.29, 1.82) is 0 Å². The number of rotatable bonds is 8. The fourth-order valence-electron chi connectivity index (χ4n) is 2.39. The molecule has 0 aliphatic carbocycles. The highest BCUT2D eigenvalue weighted by Crippen LogP contribution is 2.26. The summed E-state index contributed by atoms with van der Waals surface area (Å²) in [5.74, 6) is -0.296. The fraction of sp³-hybridized carbons (Fsp3) is 0.389. The first kappa shape index (κ1) is 17.6. The first-order valence-electron chi connectivity index (χ1n) is 7.87. The number of hydrogen-bond acceptors (Lipinski definition) is 3. The Labute approximate surface area is 141 Å². The molecule has 2 aromatic rings. The van der Waals surface area contributed by atoms with E-state index in [9.17, 15) is 9.18 Å². The van der Waals surface area contributed by atoms with Crippen molar-refractivity contribution in [3.05, 3.63) is 58.0 Å². The van der Waals surface area contributed by atoms with Crippen molar-refractivity contribution in [2.24, 2.45) is 0 Å². The highest BCUT2D eigenvalue weighted by molar-refractivity contribution is 7.10. The number of hydrogen-bond donors (Lipinski definition) is 1. The van der Waals surface area contributed by atoms with Crippen LogP contribution in [0.3, 0.4) is 0 Å². The Morgan fingerprint density at radius 1 is 1.30 bits per heavy atom. The zero-order chi connectivity index (χ0) is 16.7. The molecule has 0 radical (unpaired) electrons. The van der Waals surface area contributed by atoms with Crippen LogP contribution in [-0.2, 0) is 4.79 Å². The van der Waals surface area contributed by atoms with E-state index in [0.717, 1.165) is 29.8 Å². The summed E-state index contributed by atoms with van der Waals surface area (Å²) in [6.07, 6.45) is 2.19. The average molecular weight is 334 g/mol. The Hall–Kier alpha value is -1.72. The molecule has 1 aromatic carbocycles. The molecule has 23 heavy (non-hydrogen) atoms. The molecule has 1 N–H and O–H groups in total. The smallest absolute Gasteiger partial charge is 0.234 e. The molecule has 0 aliphatic rings. The van der Waals surface area contributed by atoms with Gasteiger partial charge in [0.1, 0.15) is 5.82 Å². The first-order valence-corrected chi connectivity index (χ1v) is 8.75. The van der Waals surface area contributed by atoms with Gasteiger partial charge in [-0.3, -0.25) is 9.69 Å². The van der Waals surface area contributed by atoms with Crippen LogP contribution >= 0.6 is 11.3 Å². The Morgan fingerprint density at radius 2 is 2.04 bits per heavy atom. The minimum Gasteiger partial charge on any atom is -0.343 e. The Kier molecular flexibility index (Phi) is 6.74. The standard InChI is InChI=1S/C18H23FN2OS/c1-3-4-11-21(2)13-17(22)20-18(16-6-5-12-23-16)14-7-9-15(19)10-8-14/h5-10,12,18H,3-4,11,13H2,1-2H3,(H,20,22). The number of halogens is 1. The topological polar surface area (TPSA) is 32.3 Å². The lowest BCUT2D eigenvalue weighted by Gasteiger charge is -2.21. The van der Waals surface area contributed by atoms with Crippen LogP contribution in [0.2, 0.25) is 0 Å². The van der Waals surface area contributed by atoms with Gasteiger partial charge in [0.25, 0.3) is 0 Å². The Balaban J connectivity index is 2.06. The van der Waals surface area contributed by atoms with Gasteiger partial charge in [-0.05, 0) is 49.2 Å². The third kappa shape index (κ3) is 5.44. The highest BCUT2D eigenvalue weighted by atomic mass is 32.1. The second kappa shape index (κ2) is 8.79. The monoisotopic (exact) mass is 334 g/mol. The van der Waals surface area contributed by atoms with Crippen molar-refractivity contribution in [3.8, 4) is 0 Å². The van der Waals surface area contributed by atoms with Crippen molar-refractivity contribution in [3.63, 3.8) is 0 Å². The van der Waals surface area contributed by atoms with Crippen molar-refractivity contribution in [1.82, 2.24) is 10.2 Å². The molecule has 1 unspecified atom stereocenters. The van der Waals surface area contributed by atoms with Gasteiger partial charge in [0.05, 0.1) is 12.6 Å². The van der Waals surface area contributed by atoms with Crippen LogP contribution in [-0.4, -0.2) is 30.9 Å². The van der Waals surface area contributed by atoms with E-state index in [1.54, 1.807) is 23.5 Å². The van der Waals surface area contributed by atoms with Gasteiger partial charge in [-0.25, -0.2) is 4.39 Å². The minimum atomic E-state index is -0.274. The van der Waals surface area contributed by atoms with Gasteiger partial charge in [-0.15, -0.1) is 11.3 Å². The molecule has 0 aliphatic heterocycles. The van der Waals surface area contributed by atoms with Gasteiger partial charge in [0.2, 0.25) is 5.91 Å². The maximum absolute atomic E-state index is 13.2. The van der Waals surface area contributed by atoms with E-state index in [2.05, 4.69) is 12.2 Å². The molecule has 1 heterocycles. The molecule has 0 spiro atoms. The summed E-state index contributed by atoms with van der Waals surface area (Å²) in [6, 6.07) is 10.0. The Morgan fingerprint density at radius 3 is 2.65 bits per heavy atom. The summed E-state index contributed by atoms with van der Waals surface area (Å²) in [7, 11) is 1.95. The molecule has 0 saturated heterocycles. The number of amides is 1. The zero-order valence-corrected chi connectivity index (χ0v) is 14.4. The first-order chi connectivity index (χ1) is 11.1. The largest absolute Gasteiger partial charge is 0.343 e. The van der Waals surface area contributed by atoms with Gasteiger partial charge < -0.3 is 5.32 Å².